The zero-order valence-corrected chi connectivity index (χ0v) is 13.0. The maximum absolute atomic E-state index is 12.9. The van der Waals surface area contributed by atoms with Gasteiger partial charge in [-0.1, -0.05) is 11.7 Å². The maximum Gasteiger partial charge on any atom is 0.331 e. The molecule has 0 amide bonds. The summed E-state index contributed by atoms with van der Waals surface area (Å²) in [6.07, 6.45) is -0.0197. The number of carboxylic acids is 1. The minimum absolute atomic E-state index is 0.0197. The monoisotopic (exact) mass is 340 g/mol. The van der Waals surface area contributed by atoms with Crippen LogP contribution in [-0.2, 0) is 11.2 Å². The Morgan fingerprint density at radius 1 is 1.12 bits per heavy atom. The fraction of sp³-hybridized carbons (Fsp3) is 0.0556. The predicted molar refractivity (Wildman–Crippen MR) is 86.7 cm³/mol. The van der Waals surface area contributed by atoms with Crippen LogP contribution in [0.15, 0.2) is 65.2 Å². The van der Waals surface area contributed by atoms with Crippen molar-refractivity contribution in [1.29, 1.82) is 0 Å². The van der Waals surface area contributed by atoms with E-state index in [0.717, 1.165) is 0 Å². The maximum atomic E-state index is 12.9. The van der Waals surface area contributed by atoms with Crippen LogP contribution >= 0.6 is 0 Å². The summed E-state index contributed by atoms with van der Waals surface area (Å²) >= 11 is 0. The first-order valence-electron chi connectivity index (χ1n) is 7.29. The topological polar surface area (TPSA) is 85.5 Å². The molecule has 0 bridgehead atoms. The van der Waals surface area contributed by atoms with Crippen LogP contribution in [0.4, 0.5) is 4.39 Å². The van der Waals surface area contributed by atoms with Gasteiger partial charge >= 0.3 is 5.97 Å². The number of ether oxygens (including phenoxy) is 1. The standard InChI is InChI=1S/C18H13FN2O4/c1-11(18(22)23)10-16-20-17(21-25-16)12-2-6-14(7-3-12)24-15-8-4-13(19)5-9-15/h2-9H,1,10H2,(H,22,23). The summed E-state index contributed by atoms with van der Waals surface area (Å²) in [7, 11) is 0. The van der Waals surface area contributed by atoms with Gasteiger partial charge in [-0.25, -0.2) is 9.18 Å². The van der Waals surface area contributed by atoms with Crippen LogP contribution in [0.5, 0.6) is 11.5 Å². The Kier molecular flexibility index (Phi) is 4.56. The van der Waals surface area contributed by atoms with Crippen molar-refractivity contribution in [2.24, 2.45) is 0 Å². The van der Waals surface area contributed by atoms with E-state index in [1.807, 2.05) is 0 Å². The molecule has 0 fully saturated rings. The van der Waals surface area contributed by atoms with E-state index in [0.29, 0.717) is 22.9 Å². The number of hydrogen-bond acceptors (Lipinski definition) is 5. The number of benzene rings is 2. The largest absolute Gasteiger partial charge is 0.478 e. The Balaban J connectivity index is 1.70. The van der Waals surface area contributed by atoms with E-state index in [1.54, 1.807) is 24.3 Å². The second-order valence-corrected chi connectivity index (χ2v) is 5.18. The Hall–Kier alpha value is -3.48. The van der Waals surface area contributed by atoms with E-state index in [4.69, 9.17) is 14.4 Å². The lowest BCUT2D eigenvalue weighted by molar-refractivity contribution is -0.132. The van der Waals surface area contributed by atoms with Gasteiger partial charge in [-0.3, -0.25) is 0 Å². The van der Waals surface area contributed by atoms with Crippen LogP contribution in [0, 0.1) is 5.82 Å². The molecule has 6 nitrogen and oxygen atoms in total. The number of hydrogen-bond donors (Lipinski definition) is 1. The van der Waals surface area contributed by atoms with Gasteiger partial charge in [-0.05, 0) is 48.5 Å². The molecule has 0 saturated heterocycles. The van der Waals surface area contributed by atoms with Crippen LogP contribution in [0.25, 0.3) is 11.4 Å². The highest BCUT2D eigenvalue weighted by molar-refractivity contribution is 5.86. The van der Waals surface area contributed by atoms with Crippen molar-refractivity contribution < 1.29 is 23.6 Å². The number of aliphatic carboxylic acids is 1. The third-order valence-electron chi connectivity index (χ3n) is 3.30. The first-order valence-corrected chi connectivity index (χ1v) is 7.29. The number of halogens is 1. The van der Waals surface area contributed by atoms with Crippen LogP contribution in [0.2, 0.25) is 0 Å². The summed E-state index contributed by atoms with van der Waals surface area (Å²) in [5.41, 5.74) is 0.653. The molecule has 1 N–H and O–H groups in total. The molecule has 7 heteroatoms. The molecule has 3 aromatic rings. The van der Waals surface area contributed by atoms with Crippen molar-refractivity contribution in [2.45, 2.75) is 6.42 Å². The molecular weight excluding hydrogens is 327 g/mol. The molecule has 0 aliphatic carbocycles. The van der Waals surface area contributed by atoms with Crippen LogP contribution in [0.3, 0.4) is 0 Å². The lowest BCUT2D eigenvalue weighted by atomic mass is 10.2. The first kappa shape index (κ1) is 16.4. The molecule has 0 saturated carbocycles. The molecule has 0 radical (unpaired) electrons. The molecule has 0 aliphatic rings. The molecule has 0 spiro atoms. The van der Waals surface area contributed by atoms with Crippen LogP contribution < -0.4 is 4.74 Å². The Morgan fingerprint density at radius 2 is 1.72 bits per heavy atom. The average molecular weight is 340 g/mol. The second-order valence-electron chi connectivity index (χ2n) is 5.18. The summed E-state index contributed by atoms with van der Waals surface area (Å²) in [5.74, 6) is 0.153. The third kappa shape index (κ3) is 4.08. The third-order valence-corrected chi connectivity index (χ3v) is 3.30. The zero-order chi connectivity index (χ0) is 17.8. The highest BCUT2D eigenvalue weighted by Gasteiger charge is 2.13. The molecule has 126 valence electrons. The number of carbonyl (C=O) groups is 1. The highest BCUT2D eigenvalue weighted by atomic mass is 19.1. The fourth-order valence-corrected chi connectivity index (χ4v) is 2.01. The van der Waals surface area contributed by atoms with Gasteiger partial charge in [0.05, 0.1) is 6.42 Å². The molecule has 0 aliphatic heterocycles. The van der Waals surface area contributed by atoms with Crippen LogP contribution in [0.1, 0.15) is 5.89 Å². The summed E-state index contributed by atoms with van der Waals surface area (Å²) < 4.78 is 23.5. The van der Waals surface area contributed by atoms with E-state index < -0.39 is 5.97 Å². The molecule has 3 rings (SSSR count). The predicted octanol–water partition coefficient (Wildman–Crippen LogP) is 3.85. The lowest BCUT2D eigenvalue weighted by Crippen LogP contribution is -2.02. The fourth-order valence-electron chi connectivity index (χ4n) is 2.01. The van der Waals surface area contributed by atoms with E-state index in [9.17, 15) is 9.18 Å². The highest BCUT2D eigenvalue weighted by Crippen LogP contribution is 2.25. The van der Waals surface area contributed by atoms with Crippen molar-refractivity contribution in [1.82, 2.24) is 10.1 Å². The summed E-state index contributed by atoms with van der Waals surface area (Å²) in [4.78, 5) is 14.9. The Morgan fingerprint density at radius 3 is 2.32 bits per heavy atom. The molecular formula is C18H13FN2O4. The van der Waals surface area contributed by atoms with Crippen molar-refractivity contribution in [3.8, 4) is 22.9 Å². The molecule has 2 aromatic carbocycles. The van der Waals surface area contributed by atoms with Gasteiger partial charge in [0.1, 0.15) is 17.3 Å². The number of carboxylic acid groups (broad SMARTS) is 1. The van der Waals surface area contributed by atoms with Gasteiger partial charge in [0.2, 0.25) is 11.7 Å². The van der Waals surface area contributed by atoms with E-state index in [-0.39, 0.29) is 23.7 Å². The van der Waals surface area contributed by atoms with Gasteiger partial charge in [0.25, 0.3) is 0 Å². The SMILES string of the molecule is C=C(Cc1nc(-c2ccc(Oc3ccc(F)cc3)cc2)no1)C(=O)O. The zero-order valence-electron chi connectivity index (χ0n) is 13.0. The molecule has 0 atom stereocenters. The summed E-state index contributed by atoms with van der Waals surface area (Å²) in [5, 5.41) is 12.6. The van der Waals surface area contributed by atoms with Gasteiger partial charge in [-0.15, -0.1) is 0 Å². The molecule has 1 heterocycles. The van der Waals surface area contributed by atoms with Crippen LogP contribution in [-0.4, -0.2) is 21.2 Å². The van der Waals surface area contributed by atoms with Gasteiger partial charge in [0, 0.05) is 11.1 Å². The first-order chi connectivity index (χ1) is 12.0. The van der Waals surface area contributed by atoms with Crippen molar-refractivity contribution >= 4 is 5.97 Å². The molecule has 25 heavy (non-hydrogen) atoms. The second kappa shape index (κ2) is 6.96. The average Bonchev–Trinajstić information content (AvgIpc) is 3.06. The number of rotatable bonds is 6. The van der Waals surface area contributed by atoms with Gasteiger partial charge in [0.15, 0.2) is 0 Å². The van der Waals surface area contributed by atoms with E-state index in [2.05, 4.69) is 16.7 Å². The van der Waals surface area contributed by atoms with Crippen molar-refractivity contribution in [3.63, 3.8) is 0 Å². The summed E-state index contributed by atoms with van der Waals surface area (Å²) in [6.45, 7) is 3.42. The minimum Gasteiger partial charge on any atom is -0.478 e. The van der Waals surface area contributed by atoms with Gasteiger partial charge < -0.3 is 14.4 Å². The van der Waals surface area contributed by atoms with Crippen molar-refractivity contribution in [2.75, 3.05) is 0 Å². The quantitative estimate of drug-likeness (QED) is 0.686. The smallest absolute Gasteiger partial charge is 0.331 e. The number of nitrogens with zero attached hydrogens (tertiary/aromatic N) is 2. The van der Waals surface area contributed by atoms with Gasteiger partial charge in [-0.2, -0.15) is 4.98 Å². The molecule has 1 aromatic heterocycles. The van der Waals surface area contributed by atoms with E-state index in [1.165, 1.54) is 24.3 Å². The minimum atomic E-state index is -1.11. The normalized spacial score (nSPS) is 10.4. The molecule has 0 unspecified atom stereocenters. The summed E-state index contributed by atoms with van der Waals surface area (Å²) in [6, 6.07) is 12.6. The lowest BCUT2D eigenvalue weighted by Gasteiger charge is -2.05. The van der Waals surface area contributed by atoms with Crippen molar-refractivity contribution in [3.05, 3.63) is 72.4 Å². The number of aromatic nitrogens is 2. The van der Waals surface area contributed by atoms with E-state index >= 15 is 0 Å². The Bertz CT molecular complexity index is 902. The Labute approximate surface area is 142 Å².